The molecule has 1 saturated carbocycles. The van der Waals surface area contributed by atoms with Crippen molar-refractivity contribution in [2.45, 2.75) is 58.5 Å². The second-order valence-electron chi connectivity index (χ2n) is 8.91. The number of rotatable bonds is 8. The predicted octanol–water partition coefficient (Wildman–Crippen LogP) is 4.13. The number of thiophene rings is 1. The van der Waals surface area contributed by atoms with Gasteiger partial charge in [-0.05, 0) is 67.2 Å². The van der Waals surface area contributed by atoms with Crippen molar-refractivity contribution in [2.24, 2.45) is 11.8 Å². The van der Waals surface area contributed by atoms with Crippen LogP contribution >= 0.6 is 11.3 Å². The molecule has 1 aromatic carbocycles. The van der Waals surface area contributed by atoms with Crippen LogP contribution in [0.1, 0.15) is 51.0 Å². The minimum Gasteiger partial charge on any atom is -0.356 e. The number of unbranched alkanes of at least 4 members (excludes halogenated alkanes) is 1. The first kappa shape index (κ1) is 23.4. The van der Waals surface area contributed by atoms with Crippen LogP contribution in [0.15, 0.2) is 45.3 Å². The molecule has 2 heterocycles. The molecule has 1 aliphatic rings. The summed E-state index contributed by atoms with van der Waals surface area (Å²) in [7, 11) is 0. The number of aromatic nitrogens is 2. The van der Waals surface area contributed by atoms with Gasteiger partial charge in [-0.1, -0.05) is 25.5 Å². The molecule has 6 nitrogen and oxygen atoms in total. The summed E-state index contributed by atoms with van der Waals surface area (Å²) in [6.07, 6.45) is 5.23. The Morgan fingerprint density at radius 1 is 1.09 bits per heavy atom. The van der Waals surface area contributed by atoms with Crippen molar-refractivity contribution in [3.05, 3.63) is 67.9 Å². The first-order valence-corrected chi connectivity index (χ1v) is 12.6. The Morgan fingerprint density at radius 2 is 1.82 bits per heavy atom. The molecule has 0 atom stereocenters. The van der Waals surface area contributed by atoms with Crippen molar-refractivity contribution in [1.29, 1.82) is 0 Å². The van der Waals surface area contributed by atoms with Gasteiger partial charge in [-0.25, -0.2) is 9.18 Å². The maximum atomic E-state index is 13.4. The third-order valence-corrected chi connectivity index (χ3v) is 7.47. The Labute approximate surface area is 196 Å². The van der Waals surface area contributed by atoms with Gasteiger partial charge in [0.15, 0.2) is 0 Å². The van der Waals surface area contributed by atoms with E-state index in [0.29, 0.717) is 16.8 Å². The van der Waals surface area contributed by atoms with E-state index in [-0.39, 0.29) is 41.4 Å². The topological polar surface area (TPSA) is 73.1 Å². The highest BCUT2D eigenvalue weighted by molar-refractivity contribution is 7.17. The quantitative estimate of drug-likeness (QED) is 0.502. The number of nitrogens with one attached hydrogen (secondary N) is 1. The highest BCUT2D eigenvalue weighted by Crippen LogP contribution is 2.30. The van der Waals surface area contributed by atoms with Crippen LogP contribution in [0.4, 0.5) is 4.39 Å². The van der Waals surface area contributed by atoms with Crippen LogP contribution in [0.2, 0.25) is 0 Å². The summed E-state index contributed by atoms with van der Waals surface area (Å²) in [5, 5.41) is 4.84. The van der Waals surface area contributed by atoms with Crippen molar-refractivity contribution in [3.8, 4) is 0 Å². The van der Waals surface area contributed by atoms with Crippen LogP contribution in [0.3, 0.4) is 0 Å². The molecule has 176 valence electrons. The van der Waals surface area contributed by atoms with E-state index in [1.807, 2.05) is 5.38 Å². The fourth-order valence-electron chi connectivity index (χ4n) is 4.62. The summed E-state index contributed by atoms with van der Waals surface area (Å²) in [5.74, 6) is 0.00337. The lowest BCUT2D eigenvalue weighted by atomic mass is 9.81. The van der Waals surface area contributed by atoms with Crippen LogP contribution in [-0.4, -0.2) is 21.6 Å². The largest absolute Gasteiger partial charge is 0.356 e. The molecule has 0 radical (unpaired) electrons. The van der Waals surface area contributed by atoms with E-state index in [1.165, 1.54) is 28.0 Å². The molecule has 0 unspecified atom stereocenters. The third-order valence-electron chi connectivity index (χ3n) is 6.58. The fourth-order valence-corrected chi connectivity index (χ4v) is 5.46. The van der Waals surface area contributed by atoms with E-state index < -0.39 is 0 Å². The van der Waals surface area contributed by atoms with Gasteiger partial charge in [0.25, 0.3) is 5.56 Å². The number of amides is 1. The van der Waals surface area contributed by atoms with Crippen molar-refractivity contribution in [2.75, 3.05) is 6.54 Å². The lowest BCUT2D eigenvalue weighted by molar-refractivity contribution is -0.126. The molecule has 2 aromatic heterocycles. The van der Waals surface area contributed by atoms with Crippen molar-refractivity contribution < 1.29 is 9.18 Å². The highest BCUT2D eigenvalue weighted by atomic mass is 32.1. The Kier molecular flexibility index (Phi) is 7.42. The lowest BCUT2D eigenvalue weighted by Gasteiger charge is -2.28. The van der Waals surface area contributed by atoms with Crippen molar-refractivity contribution >= 4 is 27.5 Å². The predicted molar refractivity (Wildman–Crippen MR) is 129 cm³/mol. The van der Waals surface area contributed by atoms with Gasteiger partial charge in [-0.2, -0.15) is 0 Å². The van der Waals surface area contributed by atoms with Crippen LogP contribution < -0.4 is 16.6 Å². The molecule has 33 heavy (non-hydrogen) atoms. The molecule has 3 aromatic rings. The molecule has 1 amide bonds. The smallest absolute Gasteiger partial charge is 0.331 e. The molecular formula is C25H30FN3O3S. The molecule has 0 spiro atoms. The molecule has 1 fully saturated rings. The Bertz CT molecular complexity index is 1220. The fraction of sp³-hybridized carbons (Fsp3) is 0.480. The molecule has 1 aliphatic carbocycles. The number of benzene rings is 1. The Balaban J connectivity index is 1.52. The average molecular weight is 472 g/mol. The summed E-state index contributed by atoms with van der Waals surface area (Å²) in [6.45, 7) is 3.45. The van der Waals surface area contributed by atoms with Crippen molar-refractivity contribution in [3.63, 3.8) is 0 Å². The number of hydrogen-bond acceptors (Lipinski definition) is 4. The number of carbonyl (C=O) groups is 1. The van der Waals surface area contributed by atoms with Gasteiger partial charge in [-0.15, -0.1) is 11.3 Å². The molecular weight excluding hydrogens is 441 g/mol. The second kappa shape index (κ2) is 10.5. The first-order chi connectivity index (χ1) is 16.0. The molecule has 0 saturated heterocycles. The number of hydrogen-bond donors (Lipinski definition) is 1. The maximum Gasteiger partial charge on any atom is 0.331 e. The van der Waals surface area contributed by atoms with Crippen molar-refractivity contribution in [1.82, 2.24) is 14.5 Å². The van der Waals surface area contributed by atoms with Gasteiger partial charge in [0, 0.05) is 19.0 Å². The number of halogens is 1. The summed E-state index contributed by atoms with van der Waals surface area (Å²) in [5.41, 5.74) is 0.822. The molecule has 8 heteroatoms. The van der Waals surface area contributed by atoms with E-state index in [0.717, 1.165) is 50.6 Å². The van der Waals surface area contributed by atoms with Gasteiger partial charge in [0.1, 0.15) is 10.5 Å². The van der Waals surface area contributed by atoms with Gasteiger partial charge in [0.05, 0.1) is 12.1 Å². The minimum absolute atomic E-state index is 0.0183. The highest BCUT2D eigenvalue weighted by Gasteiger charge is 2.27. The van der Waals surface area contributed by atoms with E-state index in [1.54, 1.807) is 22.8 Å². The zero-order valence-corrected chi connectivity index (χ0v) is 19.7. The second-order valence-corrected chi connectivity index (χ2v) is 9.82. The molecule has 0 bridgehead atoms. The average Bonchev–Trinajstić information content (AvgIpc) is 3.31. The molecule has 4 rings (SSSR count). The summed E-state index contributed by atoms with van der Waals surface area (Å²) in [4.78, 5) is 38.8. The van der Waals surface area contributed by atoms with E-state index >= 15 is 0 Å². The SMILES string of the molecule is CCCCNC(=O)C1CCC(Cn2c(=O)c3sccc3n(Cc3ccc(F)cc3)c2=O)CC1. The van der Waals surface area contributed by atoms with Gasteiger partial charge >= 0.3 is 5.69 Å². The van der Waals surface area contributed by atoms with Crippen LogP contribution in [-0.2, 0) is 17.9 Å². The van der Waals surface area contributed by atoms with Gasteiger partial charge in [-0.3, -0.25) is 18.7 Å². The van der Waals surface area contributed by atoms with Crippen LogP contribution in [0.5, 0.6) is 0 Å². The zero-order chi connectivity index (χ0) is 23.4. The summed E-state index contributed by atoms with van der Waals surface area (Å²) < 4.78 is 16.8. The summed E-state index contributed by atoms with van der Waals surface area (Å²) in [6, 6.07) is 7.85. The van der Waals surface area contributed by atoms with Crippen LogP contribution in [0.25, 0.3) is 10.2 Å². The van der Waals surface area contributed by atoms with Gasteiger partial charge in [0.2, 0.25) is 5.91 Å². The van der Waals surface area contributed by atoms with E-state index in [9.17, 15) is 18.8 Å². The number of carbonyl (C=O) groups excluding carboxylic acids is 1. The Morgan fingerprint density at radius 3 is 2.52 bits per heavy atom. The van der Waals surface area contributed by atoms with E-state index in [4.69, 9.17) is 0 Å². The monoisotopic (exact) mass is 471 g/mol. The lowest BCUT2D eigenvalue weighted by Crippen LogP contribution is -2.42. The third kappa shape index (κ3) is 5.27. The number of fused-ring (bicyclic) bond motifs is 1. The first-order valence-electron chi connectivity index (χ1n) is 11.7. The zero-order valence-electron chi connectivity index (χ0n) is 18.9. The standard InChI is InChI=1S/C25H30FN3O3S/c1-2-3-13-27-23(30)19-8-4-17(5-9-19)16-29-24(31)22-21(12-14-33-22)28(25(29)32)15-18-6-10-20(26)11-7-18/h6-7,10-12,14,17,19H,2-5,8-9,13,15-16H2,1H3,(H,27,30). The van der Waals surface area contributed by atoms with Crippen LogP contribution in [0, 0.1) is 17.7 Å². The van der Waals surface area contributed by atoms with Gasteiger partial charge < -0.3 is 5.32 Å². The molecule has 1 N–H and O–H groups in total. The minimum atomic E-state index is -0.338. The molecule has 0 aliphatic heterocycles. The Hall–Kier alpha value is -2.74. The number of nitrogens with zero attached hydrogens (tertiary/aromatic N) is 2. The summed E-state index contributed by atoms with van der Waals surface area (Å²) >= 11 is 1.33. The maximum absolute atomic E-state index is 13.4. The normalized spacial score (nSPS) is 18.5. The van der Waals surface area contributed by atoms with E-state index in [2.05, 4.69) is 12.2 Å².